The number of fused-ring (bicyclic) bond motifs is 3. The molecule has 0 aliphatic carbocycles. The summed E-state index contributed by atoms with van der Waals surface area (Å²) < 4.78 is 5.90. The average Bonchev–Trinajstić information content (AvgIpc) is 2.88. The summed E-state index contributed by atoms with van der Waals surface area (Å²) >= 11 is 12.4. The maximum Gasteiger partial charge on any atom is 0.233 e. The molecule has 2 heterocycles. The summed E-state index contributed by atoms with van der Waals surface area (Å²) in [7, 11) is 0. The van der Waals surface area contributed by atoms with Crippen LogP contribution in [0.1, 0.15) is 22.6 Å². The van der Waals surface area contributed by atoms with Gasteiger partial charge in [-0.1, -0.05) is 59.6 Å². The summed E-state index contributed by atoms with van der Waals surface area (Å²) in [6, 6.07) is 13.7. The van der Waals surface area contributed by atoms with Crippen LogP contribution in [0.5, 0.6) is 0 Å². The summed E-state index contributed by atoms with van der Waals surface area (Å²) in [6.07, 6.45) is -0.115. The van der Waals surface area contributed by atoms with E-state index in [4.69, 9.17) is 27.9 Å². The quantitative estimate of drug-likeness (QED) is 0.821. The van der Waals surface area contributed by atoms with Gasteiger partial charge in [-0.3, -0.25) is 4.79 Å². The van der Waals surface area contributed by atoms with Crippen molar-refractivity contribution in [2.24, 2.45) is 0 Å². The zero-order valence-corrected chi connectivity index (χ0v) is 13.8. The van der Waals surface area contributed by atoms with Crippen molar-refractivity contribution in [3.8, 4) is 0 Å². The molecule has 2 aromatic carbocycles. The molecule has 2 atom stereocenters. The van der Waals surface area contributed by atoms with Crippen LogP contribution in [0.25, 0.3) is 0 Å². The highest BCUT2D eigenvalue weighted by molar-refractivity contribution is 6.42. The predicted octanol–water partition coefficient (Wildman–Crippen LogP) is 4.02. The van der Waals surface area contributed by atoms with Crippen molar-refractivity contribution in [1.29, 1.82) is 0 Å². The summed E-state index contributed by atoms with van der Waals surface area (Å²) in [5.41, 5.74) is 2.92. The fourth-order valence-corrected chi connectivity index (χ4v) is 3.84. The molecule has 23 heavy (non-hydrogen) atoms. The zero-order valence-electron chi connectivity index (χ0n) is 12.3. The minimum absolute atomic E-state index is 0.0955. The third-order valence-electron chi connectivity index (χ3n) is 4.58. The second-order valence-corrected chi connectivity index (χ2v) is 6.75. The Morgan fingerprint density at radius 1 is 1.13 bits per heavy atom. The van der Waals surface area contributed by atoms with Gasteiger partial charge in [0.05, 0.1) is 28.7 Å². The lowest BCUT2D eigenvalue weighted by Gasteiger charge is -2.27. The van der Waals surface area contributed by atoms with Gasteiger partial charge in [0.2, 0.25) is 5.91 Å². The summed E-state index contributed by atoms with van der Waals surface area (Å²) in [6.45, 7) is 1.62. The number of amides is 1. The molecule has 118 valence electrons. The number of hydrogen-bond donors (Lipinski definition) is 0. The predicted molar refractivity (Wildman–Crippen MR) is 89.6 cm³/mol. The van der Waals surface area contributed by atoms with Gasteiger partial charge in [0.25, 0.3) is 0 Å². The number of benzene rings is 2. The van der Waals surface area contributed by atoms with E-state index in [9.17, 15) is 4.79 Å². The minimum atomic E-state index is -0.280. The first kappa shape index (κ1) is 15.0. The van der Waals surface area contributed by atoms with Gasteiger partial charge in [0.15, 0.2) is 0 Å². The average molecular weight is 348 g/mol. The van der Waals surface area contributed by atoms with Crippen LogP contribution in [-0.2, 0) is 22.7 Å². The van der Waals surface area contributed by atoms with Crippen LogP contribution in [0.15, 0.2) is 42.5 Å². The highest BCUT2D eigenvalue weighted by atomic mass is 35.5. The highest BCUT2D eigenvalue weighted by Crippen LogP contribution is 2.42. The maximum atomic E-state index is 12.9. The molecule has 4 rings (SSSR count). The van der Waals surface area contributed by atoms with Crippen molar-refractivity contribution in [3.05, 3.63) is 69.2 Å². The molecule has 0 radical (unpaired) electrons. The van der Waals surface area contributed by atoms with E-state index in [1.807, 2.05) is 41.3 Å². The van der Waals surface area contributed by atoms with Crippen molar-refractivity contribution in [2.45, 2.75) is 25.2 Å². The van der Waals surface area contributed by atoms with Crippen LogP contribution >= 0.6 is 23.2 Å². The number of carbonyl (C=O) groups excluding carboxylic acids is 1. The lowest BCUT2D eigenvalue weighted by Crippen LogP contribution is -2.28. The van der Waals surface area contributed by atoms with E-state index in [0.29, 0.717) is 29.7 Å². The van der Waals surface area contributed by atoms with Gasteiger partial charge < -0.3 is 9.64 Å². The summed E-state index contributed by atoms with van der Waals surface area (Å²) in [5.74, 6) is -0.185. The van der Waals surface area contributed by atoms with Crippen LogP contribution in [-0.4, -0.2) is 23.5 Å². The van der Waals surface area contributed by atoms with E-state index in [2.05, 4.69) is 0 Å². The molecule has 1 saturated heterocycles. The number of likely N-dealkylation sites (tertiary alicyclic amines) is 1. The second-order valence-electron chi connectivity index (χ2n) is 5.96. The van der Waals surface area contributed by atoms with Crippen LogP contribution in [0.2, 0.25) is 10.0 Å². The van der Waals surface area contributed by atoms with Crippen LogP contribution < -0.4 is 0 Å². The monoisotopic (exact) mass is 347 g/mol. The Labute approximate surface area is 144 Å². The topological polar surface area (TPSA) is 29.5 Å². The fraction of sp³-hybridized carbons (Fsp3) is 0.278. The molecule has 0 saturated carbocycles. The van der Waals surface area contributed by atoms with Crippen molar-refractivity contribution in [1.82, 2.24) is 4.90 Å². The van der Waals surface area contributed by atoms with Gasteiger partial charge >= 0.3 is 0 Å². The molecular formula is C18H15Cl2NO2. The molecule has 3 nitrogen and oxygen atoms in total. The first-order chi connectivity index (χ1) is 11.1. The Kier molecular flexibility index (Phi) is 3.80. The molecule has 2 unspecified atom stereocenters. The van der Waals surface area contributed by atoms with E-state index in [0.717, 1.165) is 16.7 Å². The van der Waals surface area contributed by atoms with E-state index in [1.165, 1.54) is 0 Å². The lowest BCUT2D eigenvalue weighted by atomic mass is 9.89. The molecular weight excluding hydrogens is 333 g/mol. The van der Waals surface area contributed by atoms with Gasteiger partial charge in [-0.25, -0.2) is 0 Å². The Morgan fingerprint density at radius 3 is 2.70 bits per heavy atom. The number of hydrogen-bond acceptors (Lipinski definition) is 2. The molecule has 2 aliphatic heterocycles. The Balaban J connectivity index is 1.64. The molecule has 2 aromatic rings. The standard InChI is InChI=1S/C18H15Cl2NO2/c19-14-7-6-12-13(17(14)20)10-23-15-9-21(18(22)16(12)15)8-11-4-2-1-3-5-11/h1-7,15-16H,8-10H2. The van der Waals surface area contributed by atoms with E-state index in [1.54, 1.807) is 6.07 Å². The molecule has 0 N–H and O–H groups in total. The first-order valence-corrected chi connectivity index (χ1v) is 8.32. The number of halogens is 2. The Hall–Kier alpha value is -1.55. The number of carbonyl (C=O) groups is 1. The second kappa shape index (κ2) is 5.82. The molecule has 0 spiro atoms. The van der Waals surface area contributed by atoms with Gasteiger partial charge in [0.1, 0.15) is 0 Å². The Bertz CT molecular complexity index is 763. The van der Waals surface area contributed by atoms with Crippen molar-refractivity contribution in [3.63, 3.8) is 0 Å². The molecule has 2 aliphatic rings. The third-order valence-corrected chi connectivity index (χ3v) is 5.42. The van der Waals surface area contributed by atoms with Crippen LogP contribution in [0, 0.1) is 0 Å². The smallest absolute Gasteiger partial charge is 0.233 e. The molecule has 1 fully saturated rings. The normalized spacial score (nSPS) is 22.9. The summed E-state index contributed by atoms with van der Waals surface area (Å²) in [4.78, 5) is 14.7. The fourth-order valence-electron chi connectivity index (χ4n) is 3.43. The maximum absolute atomic E-state index is 12.9. The number of nitrogens with zero attached hydrogens (tertiary/aromatic N) is 1. The van der Waals surface area contributed by atoms with E-state index in [-0.39, 0.29) is 17.9 Å². The molecule has 1 amide bonds. The van der Waals surface area contributed by atoms with Crippen LogP contribution in [0.3, 0.4) is 0 Å². The molecule has 0 aromatic heterocycles. The van der Waals surface area contributed by atoms with Gasteiger partial charge in [-0.2, -0.15) is 0 Å². The molecule has 5 heteroatoms. The van der Waals surface area contributed by atoms with Crippen molar-refractivity contribution >= 4 is 29.1 Å². The third kappa shape index (κ3) is 2.53. The highest BCUT2D eigenvalue weighted by Gasteiger charge is 2.45. The number of ether oxygens (including phenoxy) is 1. The first-order valence-electron chi connectivity index (χ1n) is 7.56. The van der Waals surface area contributed by atoms with Gasteiger partial charge in [-0.15, -0.1) is 0 Å². The lowest BCUT2D eigenvalue weighted by molar-refractivity contribution is -0.130. The van der Waals surface area contributed by atoms with Crippen LogP contribution in [0.4, 0.5) is 0 Å². The van der Waals surface area contributed by atoms with Gasteiger partial charge in [0, 0.05) is 18.7 Å². The van der Waals surface area contributed by atoms with Crippen molar-refractivity contribution < 1.29 is 9.53 Å². The van der Waals surface area contributed by atoms with Gasteiger partial charge in [-0.05, 0) is 17.2 Å². The van der Waals surface area contributed by atoms with E-state index >= 15 is 0 Å². The minimum Gasteiger partial charge on any atom is -0.370 e. The van der Waals surface area contributed by atoms with E-state index < -0.39 is 0 Å². The SMILES string of the molecule is O=C1C2c3ccc(Cl)c(Cl)c3COC2CN1Cc1ccccc1. The summed E-state index contributed by atoms with van der Waals surface area (Å²) in [5, 5.41) is 0.996. The van der Waals surface area contributed by atoms with Crippen molar-refractivity contribution in [2.75, 3.05) is 6.54 Å². The number of rotatable bonds is 2. The molecule has 0 bridgehead atoms. The largest absolute Gasteiger partial charge is 0.370 e. The zero-order chi connectivity index (χ0) is 16.0. The Morgan fingerprint density at radius 2 is 1.91 bits per heavy atom.